The summed E-state index contributed by atoms with van der Waals surface area (Å²) in [5.74, 6) is -0.697. The number of hydrogen-bond donors (Lipinski definition) is 1. The van der Waals surface area contributed by atoms with Gasteiger partial charge in [-0.1, -0.05) is 0 Å². The van der Waals surface area contributed by atoms with Crippen molar-refractivity contribution in [1.29, 1.82) is 0 Å². The highest BCUT2D eigenvalue weighted by molar-refractivity contribution is 7.54. The molecule has 0 aliphatic carbocycles. The van der Waals surface area contributed by atoms with Crippen molar-refractivity contribution in [2.75, 3.05) is 19.1 Å². The molecule has 0 aromatic heterocycles. The molecule has 16 heavy (non-hydrogen) atoms. The lowest BCUT2D eigenvalue weighted by molar-refractivity contribution is -0.121. The van der Waals surface area contributed by atoms with E-state index in [9.17, 15) is 9.36 Å². The van der Waals surface area contributed by atoms with Crippen molar-refractivity contribution in [3.05, 3.63) is 0 Å². The van der Waals surface area contributed by atoms with Gasteiger partial charge >= 0.3 is 7.60 Å². The number of amides is 1. The normalized spacial score (nSPS) is 13.5. The first-order valence-corrected chi connectivity index (χ1v) is 7.38. The largest absolute Gasteiger partial charge is 0.352 e. The fourth-order valence-electron chi connectivity index (χ4n) is 1.09. The van der Waals surface area contributed by atoms with E-state index in [0.717, 1.165) is 0 Å². The molecule has 1 atom stereocenters. The topological polar surface area (TPSA) is 64.6 Å². The molecule has 1 N–H and O–H groups in total. The van der Waals surface area contributed by atoms with Crippen LogP contribution in [0.4, 0.5) is 0 Å². The van der Waals surface area contributed by atoms with Crippen LogP contribution >= 0.6 is 19.2 Å². The Morgan fingerprint density at radius 3 is 2.25 bits per heavy atom. The third kappa shape index (κ3) is 5.30. The standard InChI is InChI=1S/C9H19ClNO4P/c1-4-14-16(13,15-5-2)8(3)11-9(12)6-7-10/h8H,4-7H2,1-3H3,(H,11,12). The van der Waals surface area contributed by atoms with E-state index >= 15 is 0 Å². The summed E-state index contributed by atoms with van der Waals surface area (Å²) in [6.07, 6.45) is 0.185. The Balaban J connectivity index is 4.43. The summed E-state index contributed by atoms with van der Waals surface area (Å²) >= 11 is 5.42. The lowest BCUT2D eigenvalue weighted by atomic mass is 10.4. The second-order valence-electron chi connectivity index (χ2n) is 3.06. The van der Waals surface area contributed by atoms with E-state index < -0.39 is 13.4 Å². The molecule has 0 rings (SSSR count). The van der Waals surface area contributed by atoms with Crippen molar-refractivity contribution < 1.29 is 18.4 Å². The predicted molar refractivity (Wildman–Crippen MR) is 63.8 cm³/mol. The zero-order valence-electron chi connectivity index (χ0n) is 9.86. The number of halogens is 1. The quantitative estimate of drug-likeness (QED) is 0.544. The van der Waals surface area contributed by atoms with Gasteiger partial charge in [-0.2, -0.15) is 0 Å². The summed E-state index contributed by atoms with van der Waals surface area (Å²) in [5.41, 5.74) is 0. The fourth-order valence-corrected chi connectivity index (χ4v) is 2.81. The van der Waals surface area contributed by atoms with Gasteiger partial charge in [0.05, 0.1) is 13.2 Å². The van der Waals surface area contributed by atoms with Crippen LogP contribution < -0.4 is 5.32 Å². The van der Waals surface area contributed by atoms with Crippen molar-refractivity contribution in [3.63, 3.8) is 0 Å². The van der Waals surface area contributed by atoms with Gasteiger partial charge in [-0.15, -0.1) is 11.6 Å². The molecule has 0 bridgehead atoms. The van der Waals surface area contributed by atoms with Crippen LogP contribution in [0.2, 0.25) is 0 Å². The van der Waals surface area contributed by atoms with Crippen molar-refractivity contribution in [2.24, 2.45) is 0 Å². The van der Waals surface area contributed by atoms with E-state index in [1.165, 1.54) is 0 Å². The molecule has 0 spiro atoms. The summed E-state index contributed by atoms with van der Waals surface area (Å²) in [6.45, 7) is 5.58. The lowest BCUT2D eigenvalue weighted by Crippen LogP contribution is -2.33. The van der Waals surface area contributed by atoms with Gasteiger partial charge in [0.1, 0.15) is 5.78 Å². The molecule has 0 aliphatic heterocycles. The van der Waals surface area contributed by atoms with Gasteiger partial charge in [-0.25, -0.2) is 0 Å². The van der Waals surface area contributed by atoms with Gasteiger partial charge in [-0.3, -0.25) is 9.36 Å². The average Bonchev–Trinajstić information content (AvgIpc) is 2.18. The summed E-state index contributed by atoms with van der Waals surface area (Å²) in [4.78, 5) is 11.3. The van der Waals surface area contributed by atoms with Crippen LogP contribution in [-0.4, -0.2) is 30.8 Å². The van der Waals surface area contributed by atoms with E-state index in [-0.39, 0.29) is 31.4 Å². The average molecular weight is 272 g/mol. The molecule has 7 heteroatoms. The Morgan fingerprint density at radius 2 is 1.88 bits per heavy atom. The molecule has 0 heterocycles. The van der Waals surface area contributed by atoms with Crippen molar-refractivity contribution >= 4 is 25.1 Å². The predicted octanol–water partition coefficient (Wildman–Crippen LogP) is 2.34. The second kappa shape index (κ2) is 8.07. The Hall–Kier alpha value is -0.0900. The first-order chi connectivity index (χ1) is 7.50. The van der Waals surface area contributed by atoms with E-state index in [1.54, 1.807) is 20.8 Å². The van der Waals surface area contributed by atoms with Crippen LogP contribution in [0.3, 0.4) is 0 Å². The molecule has 5 nitrogen and oxygen atoms in total. The highest BCUT2D eigenvalue weighted by atomic mass is 35.5. The van der Waals surface area contributed by atoms with Crippen LogP contribution in [-0.2, 0) is 18.4 Å². The first-order valence-electron chi connectivity index (χ1n) is 5.24. The van der Waals surface area contributed by atoms with Crippen molar-refractivity contribution in [3.8, 4) is 0 Å². The molecule has 0 aromatic carbocycles. The Bertz CT molecular complexity index is 252. The highest BCUT2D eigenvalue weighted by Crippen LogP contribution is 2.51. The minimum absolute atomic E-state index is 0.185. The maximum absolute atomic E-state index is 12.2. The Kier molecular flexibility index (Phi) is 8.02. The zero-order valence-corrected chi connectivity index (χ0v) is 11.5. The fraction of sp³-hybridized carbons (Fsp3) is 0.889. The minimum Gasteiger partial charge on any atom is -0.342 e. The van der Waals surface area contributed by atoms with Gasteiger partial charge < -0.3 is 14.4 Å². The Labute approximate surface area is 101 Å². The monoisotopic (exact) mass is 271 g/mol. The number of alkyl halides is 1. The van der Waals surface area contributed by atoms with Crippen molar-refractivity contribution in [2.45, 2.75) is 33.0 Å². The van der Waals surface area contributed by atoms with E-state index in [0.29, 0.717) is 0 Å². The van der Waals surface area contributed by atoms with Crippen LogP contribution in [0, 0.1) is 0 Å². The van der Waals surface area contributed by atoms with Crippen LogP contribution in [0.1, 0.15) is 27.2 Å². The van der Waals surface area contributed by atoms with E-state index in [2.05, 4.69) is 5.32 Å². The maximum Gasteiger partial charge on any atom is 0.352 e. The molecular formula is C9H19ClNO4P. The van der Waals surface area contributed by atoms with Crippen LogP contribution in [0.15, 0.2) is 0 Å². The van der Waals surface area contributed by atoms with Crippen LogP contribution in [0.5, 0.6) is 0 Å². The van der Waals surface area contributed by atoms with E-state index in [1.807, 2.05) is 0 Å². The molecule has 96 valence electrons. The molecule has 1 unspecified atom stereocenters. The zero-order chi connectivity index (χ0) is 12.6. The number of rotatable bonds is 8. The van der Waals surface area contributed by atoms with Gasteiger partial charge in [0.15, 0.2) is 0 Å². The van der Waals surface area contributed by atoms with Gasteiger partial charge in [0, 0.05) is 12.3 Å². The number of carbonyl (C=O) groups excluding carboxylic acids is 1. The highest BCUT2D eigenvalue weighted by Gasteiger charge is 2.32. The molecule has 0 saturated carbocycles. The Morgan fingerprint density at radius 1 is 1.38 bits per heavy atom. The van der Waals surface area contributed by atoms with E-state index in [4.69, 9.17) is 20.6 Å². The lowest BCUT2D eigenvalue weighted by Gasteiger charge is -2.23. The molecule has 0 aromatic rings. The third-order valence-electron chi connectivity index (χ3n) is 1.78. The summed E-state index contributed by atoms with van der Waals surface area (Å²) in [6, 6.07) is 0. The third-order valence-corrected chi connectivity index (χ3v) is 4.29. The second-order valence-corrected chi connectivity index (χ2v) is 5.81. The molecular weight excluding hydrogens is 253 g/mol. The van der Waals surface area contributed by atoms with Crippen LogP contribution in [0.25, 0.3) is 0 Å². The molecule has 0 saturated heterocycles. The van der Waals surface area contributed by atoms with Gasteiger partial charge in [0.25, 0.3) is 0 Å². The number of carbonyl (C=O) groups is 1. The minimum atomic E-state index is -3.26. The number of nitrogens with one attached hydrogen (secondary N) is 1. The first kappa shape index (κ1) is 15.9. The summed E-state index contributed by atoms with van der Waals surface area (Å²) < 4.78 is 22.4. The summed E-state index contributed by atoms with van der Waals surface area (Å²) in [5, 5.41) is 2.55. The molecule has 0 fully saturated rings. The molecule has 1 amide bonds. The van der Waals surface area contributed by atoms with Crippen molar-refractivity contribution in [1.82, 2.24) is 5.32 Å². The smallest absolute Gasteiger partial charge is 0.342 e. The maximum atomic E-state index is 12.2. The molecule has 0 radical (unpaired) electrons. The summed E-state index contributed by atoms with van der Waals surface area (Å²) in [7, 11) is -3.26. The number of hydrogen-bond acceptors (Lipinski definition) is 4. The SMILES string of the molecule is CCOP(=O)(OCC)C(C)NC(=O)CCCl. The van der Waals surface area contributed by atoms with Gasteiger partial charge in [0.2, 0.25) is 5.91 Å². The molecule has 0 aliphatic rings. The van der Waals surface area contributed by atoms with Gasteiger partial charge in [-0.05, 0) is 20.8 Å².